The standard InChI is InChI=1S/C13H9BrF2N2O/c14-7-1-2-12(17)11(3-7)13(19)18-10-5-8(15)4-9(16)6-10/h1-6H,17H2,(H,18,19). The SMILES string of the molecule is Nc1ccc(Br)cc1C(=O)Nc1cc(F)cc(F)c1. The molecule has 0 unspecified atom stereocenters. The molecule has 0 atom stereocenters. The van der Waals surface area contributed by atoms with Crippen LogP contribution in [0.15, 0.2) is 40.9 Å². The fraction of sp³-hybridized carbons (Fsp3) is 0. The van der Waals surface area contributed by atoms with Crippen molar-refractivity contribution in [1.82, 2.24) is 0 Å². The van der Waals surface area contributed by atoms with E-state index in [1.54, 1.807) is 12.1 Å². The first-order chi connectivity index (χ1) is 8.95. The molecule has 0 spiro atoms. The van der Waals surface area contributed by atoms with E-state index in [2.05, 4.69) is 21.2 Å². The predicted molar refractivity (Wildman–Crippen MR) is 72.9 cm³/mol. The molecule has 0 aliphatic carbocycles. The highest BCUT2D eigenvalue weighted by atomic mass is 79.9. The van der Waals surface area contributed by atoms with Gasteiger partial charge in [0.2, 0.25) is 0 Å². The van der Waals surface area contributed by atoms with Crippen LogP contribution < -0.4 is 11.1 Å². The molecule has 3 nitrogen and oxygen atoms in total. The van der Waals surface area contributed by atoms with E-state index in [-0.39, 0.29) is 16.9 Å². The Morgan fingerprint density at radius 1 is 1.11 bits per heavy atom. The first kappa shape index (κ1) is 13.5. The number of hydrogen-bond acceptors (Lipinski definition) is 2. The van der Waals surface area contributed by atoms with Gasteiger partial charge in [-0.25, -0.2) is 8.78 Å². The molecule has 6 heteroatoms. The van der Waals surface area contributed by atoms with E-state index in [0.717, 1.165) is 18.2 Å². The monoisotopic (exact) mass is 326 g/mol. The smallest absolute Gasteiger partial charge is 0.257 e. The molecule has 0 aromatic heterocycles. The zero-order valence-corrected chi connectivity index (χ0v) is 11.2. The Hall–Kier alpha value is -1.95. The van der Waals surface area contributed by atoms with Gasteiger partial charge in [-0.3, -0.25) is 4.79 Å². The lowest BCUT2D eigenvalue weighted by Gasteiger charge is -2.08. The van der Waals surface area contributed by atoms with Crippen LogP contribution in [0.4, 0.5) is 20.2 Å². The van der Waals surface area contributed by atoms with Gasteiger partial charge in [0, 0.05) is 21.9 Å². The molecule has 2 rings (SSSR count). The molecule has 0 heterocycles. The van der Waals surface area contributed by atoms with Crippen LogP contribution in [0.1, 0.15) is 10.4 Å². The zero-order chi connectivity index (χ0) is 14.0. The average Bonchev–Trinajstić information content (AvgIpc) is 2.30. The molecular formula is C13H9BrF2N2O. The van der Waals surface area contributed by atoms with Gasteiger partial charge in [0.25, 0.3) is 5.91 Å². The van der Waals surface area contributed by atoms with Crippen LogP contribution in [0.5, 0.6) is 0 Å². The van der Waals surface area contributed by atoms with Crippen LogP contribution in [-0.2, 0) is 0 Å². The molecule has 0 saturated heterocycles. The molecule has 2 aromatic carbocycles. The third-order valence-electron chi connectivity index (χ3n) is 2.38. The van der Waals surface area contributed by atoms with Crippen LogP contribution in [-0.4, -0.2) is 5.91 Å². The van der Waals surface area contributed by atoms with Crippen molar-refractivity contribution in [1.29, 1.82) is 0 Å². The third kappa shape index (κ3) is 3.29. The number of nitrogens with two attached hydrogens (primary N) is 1. The van der Waals surface area contributed by atoms with Crippen molar-refractivity contribution in [2.24, 2.45) is 0 Å². The summed E-state index contributed by atoms with van der Waals surface area (Å²) in [7, 11) is 0. The molecule has 0 saturated carbocycles. The van der Waals surface area contributed by atoms with E-state index in [1.165, 1.54) is 6.07 Å². The first-order valence-electron chi connectivity index (χ1n) is 5.28. The van der Waals surface area contributed by atoms with Crippen LogP contribution >= 0.6 is 15.9 Å². The summed E-state index contributed by atoms with van der Waals surface area (Å²) in [5.74, 6) is -2.07. The maximum absolute atomic E-state index is 13.0. The molecule has 0 fully saturated rings. The predicted octanol–water partition coefficient (Wildman–Crippen LogP) is 3.56. The summed E-state index contributed by atoms with van der Waals surface area (Å²) < 4.78 is 26.7. The first-order valence-corrected chi connectivity index (χ1v) is 6.07. The summed E-state index contributed by atoms with van der Waals surface area (Å²) in [5.41, 5.74) is 6.20. The molecule has 0 radical (unpaired) electrons. The van der Waals surface area contributed by atoms with Crippen LogP contribution in [0.2, 0.25) is 0 Å². The van der Waals surface area contributed by atoms with Gasteiger partial charge in [0.1, 0.15) is 11.6 Å². The van der Waals surface area contributed by atoms with E-state index in [0.29, 0.717) is 4.47 Å². The van der Waals surface area contributed by atoms with Crippen LogP contribution in [0.25, 0.3) is 0 Å². The van der Waals surface area contributed by atoms with Gasteiger partial charge in [-0.05, 0) is 30.3 Å². The summed E-state index contributed by atoms with van der Waals surface area (Å²) in [6, 6.07) is 7.55. The second-order valence-electron chi connectivity index (χ2n) is 3.84. The van der Waals surface area contributed by atoms with Crippen molar-refractivity contribution < 1.29 is 13.6 Å². The highest BCUT2D eigenvalue weighted by Gasteiger charge is 2.11. The van der Waals surface area contributed by atoms with Crippen molar-refractivity contribution in [2.75, 3.05) is 11.1 Å². The molecule has 0 bridgehead atoms. The average molecular weight is 327 g/mol. The molecule has 2 aromatic rings. The second-order valence-corrected chi connectivity index (χ2v) is 4.76. The quantitative estimate of drug-likeness (QED) is 0.829. The van der Waals surface area contributed by atoms with E-state index < -0.39 is 17.5 Å². The minimum atomic E-state index is -0.766. The van der Waals surface area contributed by atoms with Crippen molar-refractivity contribution in [3.05, 3.63) is 58.1 Å². The Labute approximate surface area is 116 Å². The van der Waals surface area contributed by atoms with Crippen molar-refractivity contribution in [3.63, 3.8) is 0 Å². The maximum atomic E-state index is 13.0. The second kappa shape index (κ2) is 5.36. The third-order valence-corrected chi connectivity index (χ3v) is 2.87. The number of amides is 1. The molecule has 0 aliphatic rings. The number of rotatable bonds is 2. The lowest BCUT2D eigenvalue weighted by Crippen LogP contribution is -2.14. The summed E-state index contributed by atoms with van der Waals surface area (Å²) >= 11 is 3.22. The number of carbonyl (C=O) groups is 1. The lowest BCUT2D eigenvalue weighted by atomic mass is 10.1. The number of nitrogens with one attached hydrogen (secondary N) is 1. The van der Waals surface area contributed by atoms with Crippen molar-refractivity contribution >= 4 is 33.2 Å². The Balaban J connectivity index is 2.28. The summed E-state index contributed by atoms with van der Waals surface area (Å²) in [5, 5.41) is 2.39. The Morgan fingerprint density at radius 2 is 1.74 bits per heavy atom. The van der Waals surface area contributed by atoms with Gasteiger partial charge in [-0.1, -0.05) is 15.9 Å². The number of halogens is 3. The fourth-order valence-corrected chi connectivity index (χ4v) is 1.91. The number of carbonyl (C=O) groups excluding carboxylic acids is 1. The van der Waals surface area contributed by atoms with Crippen LogP contribution in [0.3, 0.4) is 0 Å². The molecule has 3 N–H and O–H groups in total. The van der Waals surface area contributed by atoms with E-state index in [4.69, 9.17) is 5.73 Å². The molecule has 19 heavy (non-hydrogen) atoms. The summed E-state index contributed by atoms with van der Waals surface area (Å²) in [4.78, 5) is 12.0. The largest absolute Gasteiger partial charge is 0.398 e. The minimum Gasteiger partial charge on any atom is -0.398 e. The van der Waals surface area contributed by atoms with Gasteiger partial charge in [0.15, 0.2) is 0 Å². The fourth-order valence-electron chi connectivity index (χ4n) is 1.55. The van der Waals surface area contributed by atoms with E-state index in [9.17, 15) is 13.6 Å². The number of benzene rings is 2. The van der Waals surface area contributed by atoms with Gasteiger partial charge in [0.05, 0.1) is 5.56 Å². The normalized spacial score (nSPS) is 10.3. The van der Waals surface area contributed by atoms with Crippen LogP contribution in [0, 0.1) is 11.6 Å². The molecule has 1 amide bonds. The summed E-state index contributed by atoms with van der Waals surface area (Å²) in [6.45, 7) is 0. The number of anilines is 2. The van der Waals surface area contributed by atoms with Crippen molar-refractivity contribution in [2.45, 2.75) is 0 Å². The molecule has 0 aliphatic heterocycles. The maximum Gasteiger partial charge on any atom is 0.257 e. The van der Waals surface area contributed by atoms with Gasteiger partial charge < -0.3 is 11.1 Å². The Kier molecular flexibility index (Phi) is 3.80. The van der Waals surface area contributed by atoms with Gasteiger partial charge in [-0.2, -0.15) is 0 Å². The molecular weight excluding hydrogens is 318 g/mol. The number of nitrogen functional groups attached to an aromatic ring is 1. The van der Waals surface area contributed by atoms with Gasteiger partial charge >= 0.3 is 0 Å². The zero-order valence-electron chi connectivity index (χ0n) is 9.58. The van der Waals surface area contributed by atoms with E-state index >= 15 is 0 Å². The highest BCUT2D eigenvalue weighted by molar-refractivity contribution is 9.10. The number of hydrogen-bond donors (Lipinski definition) is 2. The highest BCUT2D eigenvalue weighted by Crippen LogP contribution is 2.20. The topological polar surface area (TPSA) is 55.1 Å². The van der Waals surface area contributed by atoms with E-state index in [1.807, 2.05) is 0 Å². The summed E-state index contributed by atoms with van der Waals surface area (Å²) in [6.07, 6.45) is 0. The van der Waals surface area contributed by atoms with Crippen molar-refractivity contribution in [3.8, 4) is 0 Å². The Morgan fingerprint density at radius 3 is 2.37 bits per heavy atom. The van der Waals surface area contributed by atoms with Gasteiger partial charge in [-0.15, -0.1) is 0 Å². The Bertz CT molecular complexity index is 626. The minimum absolute atomic E-state index is 0.0295. The lowest BCUT2D eigenvalue weighted by molar-refractivity contribution is 0.102. The molecule has 98 valence electrons.